The molecule has 2 amide bonds. The lowest BCUT2D eigenvalue weighted by Gasteiger charge is -2.32. The van der Waals surface area contributed by atoms with Crippen molar-refractivity contribution in [1.29, 1.82) is 0 Å². The molecular weight excluding hydrogens is 320 g/mol. The summed E-state index contributed by atoms with van der Waals surface area (Å²) in [4.78, 5) is 36.5. The molecule has 3 rings (SSSR count). The third-order valence-electron chi connectivity index (χ3n) is 4.17. The van der Waals surface area contributed by atoms with Gasteiger partial charge in [0.15, 0.2) is 0 Å². The number of hydrogen-bond acceptors (Lipinski definition) is 3. The van der Waals surface area contributed by atoms with Gasteiger partial charge in [-0.1, -0.05) is 48.5 Å². The fourth-order valence-corrected chi connectivity index (χ4v) is 2.84. The largest absolute Gasteiger partial charge is 0.481 e. The van der Waals surface area contributed by atoms with E-state index in [0.717, 1.165) is 5.56 Å². The third-order valence-corrected chi connectivity index (χ3v) is 4.17. The minimum absolute atomic E-state index is 0.000423. The second-order valence-corrected chi connectivity index (χ2v) is 5.93. The number of hydrazine groups is 1. The Morgan fingerprint density at radius 3 is 2.20 bits per heavy atom. The van der Waals surface area contributed by atoms with Gasteiger partial charge < -0.3 is 5.11 Å². The average molecular weight is 338 g/mol. The summed E-state index contributed by atoms with van der Waals surface area (Å²) in [5.41, 5.74) is 1.31. The minimum atomic E-state index is -1.03. The zero-order valence-corrected chi connectivity index (χ0v) is 13.5. The standard InChI is InChI=1S/C19H18N2O4/c22-17-11-16(19(24)25)13-20(17)21(12-14-7-3-1-4-8-14)18(23)15-9-5-2-6-10-15/h1-10,16H,11-13H2,(H,24,25). The molecule has 0 saturated carbocycles. The molecule has 0 bridgehead atoms. The van der Waals surface area contributed by atoms with Crippen molar-refractivity contribution in [1.82, 2.24) is 10.0 Å². The number of carboxylic acid groups (broad SMARTS) is 1. The average Bonchev–Trinajstić information content (AvgIpc) is 3.03. The van der Waals surface area contributed by atoms with Crippen molar-refractivity contribution < 1.29 is 19.5 Å². The van der Waals surface area contributed by atoms with Crippen LogP contribution in [0.5, 0.6) is 0 Å². The molecule has 25 heavy (non-hydrogen) atoms. The van der Waals surface area contributed by atoms with Crippen molar-refractivity contribution in [2.24, 2.45) is 5.92 Å². The SMILES string of the molecule is O=C(O)C1CC(=O)N(N(Cc2ccccc2)C(=O)c2ccccc2)C1. The van der Waals surface area contributed by atoms with Crippen LogP contribution in [0.1, 0.15) is 22.3 Å². The summed E-state index contributed by atoms with van der Waals surface area (Å²) in [5, 5.41) is 11.8. The molecule has 1 aliphatic rings. The summed E-state index contributed by atoms with van der Waals surface area (Å²) in [6, 6.07) is 18.0. The maximum atomic E-state index is 12.9. The molecule has 1 atom stereocenters. The molecule has 6 nitrogen and oxygen atoms in total. The van der Waals surface area contributed by atoms with Crippen LogP contribution in [-0.4, -0.2) is 39.5 Å². The van der Waals surface area contributed by atoms with Gasteiger partial charge in [0.1, 0.15) is 0 Å². The highest BCUT2D eigenvalue weighted by Gasteiger charge is 2.39. The first kappa shape index (κ1) is 16.7. The Morgan fingerprint density at radius 1 is 1.04 bits per heavy atom. The Labute approximate surface area is 145 Å². The number of carbonyl (C=O) groups excluding carboxylic acids is 2. The number of hydrogen-bond donors (Lipinski definition) is 1. The van der Waals surface area contributed by atoms with Crippen molar-refractivity contribution in [2.75, 3.05) is 6.54 Å². The minimum Gasteiger partial charge on any atom is -0.481 e. The lowest BCUT2D eigenvalue weighted by atomic mass is 10.1. The molecule has 1 fully saturated rings. The summed E-state index contributed by atoms with van der Waals surface area (Å²) in [7, 11) is 0. The van der Waals surface area contributed by atoms with Crippen LogP contribution >= 0.6 is 0 Å². The maximum absolute atomic E-state index is 12.9. The molecule has 1 N–H and O–H groups in total. The van der Waals surface area contributed by atoms with E-state index in [2.05, 4.69) is 0 Å². The molecule has 0 spiro atoms. The Morgan fingerprint density at radius 2 is 1.64 bits per heavy atom. The molecule has 0 radical (unpaired) electrons. The number of nitrogens with zero attached hydrogens (tertiary/aromatic N) is 2. The highest BCUT2D eigenvalue weighted by molar-refractivity contribution is 5.96. The number of carboxylic acids is 1. The first-order valence-electron chi connectivity index (χ1n) is 8.00. The summed E-state index contributed by atoms with van der Waals surface area (Å²) < 4.78 is 0. The quantitative estimate of drug-likeness (QED) is 0.906. The van der Waals surface area contributed by atoms with Gasteiger partial charge in [0.25, 0.3) is 5.91 Å². The van der Waals surface area contributed by atoms with Crippen molar-refractivity contribution in [2.45, 2.75) is 13.0 Å². The number of carbonyl (C=O) groups is 3. The molecule has 1 unspecified atom stereocenters. The molecule has 1 heterocycles. The van der Waals surface area contributed by atoms with Crippen LogP contribution in [0, 0.1) is 5.92 Å². The topological polar surface area (TPSA) is 77.9 Å². The van der Waals surface area contributed by atoms with Crippen LogP contribution in [0.4, 0.5) is 0 Å². The van der Waals surface area contributed by atoms with Crippen LogP contribution in [0.3, 0.4) is 0 Å². The fraction of sp³-hybridized carbons (Fsp3) is 0.211. The highest BCUT2D eigenvalue weighted by atomic mass is 16.4. The maximum Gasteiger partial charge on any atom is 0.308 e. The van der Waals surface area contributed by atoms with Gasteiger partial charge in [0, 0.05) is 12.0 Å². The molecular formula is C19H18N2O4. The number of amides is 2. The van der Waals surface area contributed by atoms with Gasteiger partial charge in [-0.05, 0) is 17.7 Å². The van der Waals surface area contributed by atoms with Crippen LogP contribution in [-0.2, 0) is 16.1 Å². The van der Waals surface area contributed by atoms with E-state index < -0.39 is 11.9 Å². The Hall–Kier alpha value is -3.15. The Bertz CT molecular complexity index is 777. The van der Waals surface area contributed by atoms with Gasteiger partial charge in [0.05, 0.1) is 19.0 Å². The van der Waals surface area contributed by atoms with Gasteiger partial charge in [-0.25, -0.2) is 5.01 Å². The zero-order valence-electron chi connectivity index (χ0n) is 13.5. The van der Waals surface area contributed by atoms with E-state index in [0.29, 0.717) is 5.56 Å². The van der Waals surface area contributed by atoms with E-state index in [-0.39, 0.29) is 31.3 Å². The summed E-state index contributed by atoms with van der Waals surface area (Å²) in [6.07, 6.45) is -0.0946. The van der Waals surface area contributed by atoms with Crippen LogP contribution in [0.2, 0.25) is 0 Å². The normalized spacial score (nSPS) is 16.7. The molecule has 1 aliphatic heterocycles. The van der Waals surface area contributed by atoms with Gasteiger partial charge in [-0.2, -0.15) is 0 Å². The van der Waals surface area contributed by atoms with Crippen molar-refractivity contribution >= 4 is 17.8 Å². The van der Waals surface area contributed by atoms with E-state index in [1.54, 1.807) is 30.3 Å². The van der Waals surface area contributed by atoms with Gasteiger partial charge in [0.2, 0.25) is 5.91 Å². The monoisotopic (exact) mass is 338 g/mol. The van der Waals surface area contributed by atoms with Gasteiger partial charge in [-0.15, -0.1) is 0 Å². The summed E-state index contributed by atoms with van der Waals surface area (Å²) in [5.74, 6) is -2.51. The Kier molecular flexibility index (Phi) is 4.79. The number of aliphatic carboxylic acids is 1. The van der Waals surface area contributed by atoms with E-state index in [9.17, 15) is 19.5 Å². The lowest BCUT2D eigenvalue weighted by molar-refractivity contribution is -0.141. The zero-order chi connectivity index (χ0) is 17.8. The van der Waals surface area contributed by atoms with Crippen molar-refractivity contribution in [3.8, 4) is 0 Å². The van der Waals surface area contributed by atoms with Crippen molar-refractivity contribution in [3.05, 3.63) is 71.8 Å². The van der Waals surface area contributed by atoms with Crippen molar-refractivity contribution in [3.63, 3.8) is 0 Å². The molecule has 0 aliphatic carbocycles. The summed E-state index contributed by atoms with van der Waals surface area (Å²) in [6.45, 7) is 0.201. The van der Waals surface area contributed by atoms with E-state index in [4.69, 9.17) is 0 Å². The highest BCUT2D eigenvalue weighted by Crippen LogP contribution is 2.23. The molecule has 1 saturated heterocycles. The molecule has 2 aromatic carbocycles. The predicted molar refractivity (Wildman–Crippen MR) is 90.2 cm³/mol. The fourth-order valence-electron chi connectivity index (χ4n) is 2.84. The summed E-state index contributed by atoms with van der Waals surface area (Å²) >= 11 is 0. The first-order chi connectivity index (χ1) is 12.1. The van der Waals surface area contributed by atoms with Crippen LogP contribution in [0.15, 0.2) is 60.7 Å². The number of rotatable bonds is 5. The molecule has 128 valence electrons. The molecule has 6 heteroatoms. The lowest BCUT2D eigenvalue weighted by Crippen LogP contribution is -2.47. The van der Waals surface area contributed by atoms with E-state index in [1.807, 2.05) is 30.3 Å². The second-order valence-electron chi connectivity index (χ2n) is 5.93. The Balaban J connectivity index is 1.90. The van der Waals surface area contributed by atoms with Gasteiger partial charge >= 0.3 is 5.97 Å². The smallest absolute Gasteiger partial charge is 0.308 e. The van der Waals surface area contributed by atoms with Crippen LogP contribution < -0.4 is 0 Å². The van der Waals surface area contributed by atoms with Crippen LogP contribution in [0.25, 0.3) is 0 Å². The molecule has 0 aromatic heterocycles. The second kappa shape index (κ2) is 7.17. The first-order valence-corrected chi connectivity index (χ1v) is 8.00. The van der Waals surface area contributed by atoms with E-state index >= 15 is 0 Å². The number of benzene rings is 2. The molecule has 2 aromatic rings. The third kappa shape index (κ3) is 3.68. The van der Waals surface area contributed by atoms with Gasteiger partial charge in [-0.3, -0.25) is 19.4 Å². The predicted octanol–water partition coefficient (Wildman–Crippen LogP) is 2.18. The van der Waals surface area contributed by atoms with E-state index in [1.165, 1.54) is 10.0 Å².